The van der Waals surface area contributed by atoms with E-state index < -0.39 is 0 Å². The number of benzene rings is 1. The number of fused-ring (bicyclic) bond motifs is 1. The van der Waals surface area contributed by atoms with Crippen LogP contribution in [0.1, 0.15) is 30.7 Å². The maximum absolute atomic E-state index is 6.11. The molecule has 0 bridgehead atoms. The van der Waals surface area contributed by atoms with Gasteiger partial charge in [-0.15, -0.1) is 0 Å². The molecule has 0 amide bonds. The van der Waals surface area contributed by atoms with Crippen LogP contribution < -0.4 is 5.73 Å². The van der Waals surface area contributed by atoms with Crippen LogP contribution in [0.15, 0.2) is 18.2 Å². The van der Waals surface area contributed by atoms with Crippen LogP contribution in [0, 0.1) is 19.8 Å². The highest BCUT2D eigenvalue weighted by molar-refractivity contribution is 5.92. The van der Waals surface area contributed by atoms with Crippen LogP contribution in [0.5, 0.6) is 0 Å². The van der Waals surface area contributed by atoms with Gasteiger partial charge >= 0.3 is 0 Å². The van der Waals surface area contributed by atoms with E-state index in [4.69, 9.17) is 10.7 Å². The summed E-state index contributed by atoms with van der Waals surface area (Å²) in [5, 5.41) is 1.07. The number of nitrogens with zero attached hydrogens (tertiary/aromatic N) is 1. The predicted molar refractivity (Wildman–Crippen MR) is 74.2 cm³/mol. The Bertz CT molecular complexity index is 556. The van der Waals surface area contributed by atoms with Crippen molar-refractivity contribution in [2.75, 3.05) is 5.73 Å². The number of aromatic nitrogens is 1. The summed E-state index contributed by atoms with van der Waals surface area (Å²) in [7, 11) is 0. The molecule has 0 aliphatic rings. The van der Waals surface area contributed by atoms with Gasteiger partial charge in [0.15, 0.2) is 0 Å². The molecule has 2 N–H and O–H groups in total. The standard InChI is InChI=1S/C15H20N2/c1-9(2)7-12-8-14(16)13-6-5-10(3)11(4)15(13)17-12/h5-6,8-9H,7H2,1-4H3,(H2,16,17). The van der Waals surface area contributed by atoms with Gasteiger partial charge in [0.25, 0.3) is 0 Å². The summed E-state index contributed by atoms with van der Waals surface area (Å²) >= 11 is 0. The molecule has 2 heteroatoms. The zero-order valence-corrected chi connectivity index (χ0v) is 11.0. The molecule has 0 aliphatic carbocycles. The van der Waals surface area contributed by atoms with E-state index in [-0.39, 0.29) is 0 Å². The van der Waals surface area contributed by atoms with E-state index in [1.165, 1.54) is 11.1 Å². The second-order valence-corrected chi connectivity index (χ2v) is 5.20. The van der Waals surface area contributed by atoms with Crippen molar-refractivity contribution in [3.8, 4) is 0 Å². The maximum Gasteiger partial charge on any atom is 0.0757 e. The third-order valence-electron chi connectivity index (χ3n) is 3.21. The minimum absolute atomic E-state index is 0.601. The summed E-state index contributed by atoms with van der Waals surface area (Å²) < 4.78 is 0. The van der Waals surface area contributed by atoms with Crippen molar-refractivity contribution >= 4 is 16.6 Å². The fourth-order valence-electron chi connectivity index (χ4n) is 2.13. The lowest BCUT2D eigenvalue weighted by atomic mass is 10.0. The second kappa shape index (κ2) is 4.36. The third kappa shape index (κ3) is 2.26. The van der Waals surface area contributed by atoms with Gasteiger partial charge in [-0.25, -0.2) is 0 Å². The largest absolute Gasteiger partial charge is 0.398 e. The molecule has 0 saturated heterocycles. The van der Waals surface area contributed by atoms with Crippen molar-refractivity contribution in [3.63, 3.8) is 0 Å². The van der Waals surface area contributed by atoms with Crippen LogP contribution in [0.25, 0.3) is 10.9 Å². The molecule has 0 spiro atoms. The molecule has 1 aromatic carbocycles. The number of pyridine rings is 1. The molecule has 0 radical (unpaired) electrons. The van der Waals surface area contributed by atoms with E-state index >= 15 is 0 Å². The fraction of sp³-hybridized carbons (Fsp3) is 0.400. The summed E-state index contributed by atoms with van der Waals surface area (Å²) in [5.74, 6) is 0.601. The lowest BCUT2D eigenvalue weighted by molar-refractivity contribution is 0.637. The number of rotatable bonds is 2. The first kappa shape index (κ1) is 11.9. The zero-order chi connectivity index (χ0) is 12.6. The molecule has 0 saturated carbocycles. The van der Waals surface area contributed by atoms with Gasteiger partial charge in [-0.3, -0.25) is 4.98 Å². The van der Waals surface area contributed by atoms with Crippen molar-refractivity contribution in [3.05, 3.63) is 35.0 Å². The number of aryl methyl sites for hydroxylation is 2. The highest BCUT2D eigenvalue weighted by atomic mass is 14.7. The topological polar surface area (TPSA) is 38.9 Å². The zero-order valence-electron chi connectivity index (χ0n) is 11.0. The predicted octanol–water partition coefficient (Wildman–Crippen LogP) is 3.63. The minimum Gasteiger partial charge on any atom is -0.398 e. The molecular formula is C15H20N2. The average molecular weight is 228 g/mol. The van der Waals surface area contributed by atoms with Gasteiger partial charge in [-0.1, -0.05) is 26.0 Å². The van der Waals surface area contributed by atoms with Gasteiger partial charge in [-0.2, -0.15) is 0 Å². The lowest BCUT2D eigenvalue weighted by Gasteiger charge is -2.11. The molecule has 1 aromatic heterocycles. The Morgan fingerprint density at radius 3 is 2.59 bits per heavy atom. The minimum atomic E-state index is 0.601. The van der Waals surface area contributed by atoms with Crippen LogP contribution >= 0.6 is 0 Å². The van der Waals surface area contributed by atoms with Crippen molar-refractivity contribution < 1.29 is 0 Å². The van der Waals surface area contributed by atoms with Crippen molar-refractivity contribution in [1.29, 1.82) is 0 Å². The van der Waals surface area contributed by atoms with Gasteiger partial charge < -0.3 is 5.73 Å². The number of nitrogens with two attached hydrogens (primary N) is 1. The van der Waals surface area contributed by atoms with Crippen LogP contribution in [0.2, 0.25) is 0 Å². The first-order chi connectivity index (χ1) is 7.99. The van der Waals surface area contributed by atoms with E-state index in [9.17, 15) is 0 Å². The summed E-state index contributed by atoms with van der Waals surface area (Å²) in [5.41, 5.74) is 11.6. The summed E-state index contributed by atoms with van der Waals surface area (Å²) in [6.45, 7) is 8.63. The average Bonchev–Trinajstić information content (AvgIpc) is 2.23. The van der Waals surface area contributed by atoms with Crippen LogP contribution in [-0.4, -0.2) is 4.98 Å². The number of nitrogen functional groups attached to an aromatic ring is 1. The monoisotopic (exact) mass is 228 g/mol. The molecular weight excluding hydrogens is 208 g/mol. The molecule has 0 unspecified atom stereocenters. The Balaban J connectivity index is 2.66. The van der Waals surface area contributed by atoms with E-state index in [2.05, 4.69) is 39.8 Å². The SMILES string of the molecule is Cc1ccc2c(N)cc(CC(C)C)nc2c1C. The Morgan fingerprint density at radius 1 is 1.24 bits per heavy atom. The quantitative estimate of drug-likeness (QED) is 0.852. The van der Waals surface area contributed by atoms with Crippen LogP contribution in [-0.2, 0) is 6.42 Å². The van der Waals surface area contributed by atoms with Gasteiger partial charge in [0.2, 0.25) is 0 Å². The summed E-state index contributed by atoms with van der Waals surface area (Å²) in [6, 6.07) is 6.19. The molecule has 0 fully saturated rings. The van der Waals surface area contributed by atoms with Gasteiger partial charge in [0.05, 0.1) is 5.52 Å². The van der Waals surface area contributed by atoms with E-state index in [0.29, 0.717) is 5.92 Å². The molecule has 2 rings (SSSR count). The number of anilines is 1. The van der Waals surface area contributed by atoms with Crippen molar-refractivity contribution in [2.45, 2.75) is 34.1 Å². The summed E-state index contributed by atoms with van der Waals surface area (Å²) in [6.07, 6.45) is 0.980. The highest BCUT2D eigenvalue weighted by Crippen LogP contribution is 2.26. The first-order valence-electron chi connectivity index (χ1n) is 6.14. The Kier molecular flexibility index (Phi) is 3.05. The van der Waals surface area contributed by atoms with Gasteiger partial charge in [0.1, 0.15) is 0 Å². The van der Waals surface area contributed by atoms with Gasteiger partial charge in [-0.05, 0) is 43.4 Å². The highest BCUT2D eigenvalue weighted by Gasteiger charge is 2.08. The molecule has 2 nitrogen and oxygen atoms in total. The van der Waals surface area contributed by atoms with Crippen molar-refractivity contribution in [1.82, 2.24) is 4.98 Å². The number of hydrogen-bond acceptors (Lipinski definition) is 2. The fourth-order valence-corrected chi connectivity index (χ4v) is 2.13. The Labute approximate surface area is 103 Å². The van der Waals surface area contributed by atoms with Crippen LogP contribution in [0.3, 0.4) is 0 Å². The summed E-state index contributed by atoms with van der Waals surface area (Å²) in [4.78, 5) is 4.76. The third-order valence-corrected chi connectivity index (χ3v) is 3.21. The molecule has 2 aromatic rings. The second-order valence-electron chi connectivity index (χ2n) is 5.20. The number of hydrogen-bond donors (Lipinski definition) is 1. The molecule has 1 heterocycles. The molecule has 0 atom stereocenters. The molecule has 0 aliphatic heterocycles. The normalized spacial score (nSPS) is 11.4. The van der Waals surface area contributed by atoms with E-state index in [1.807, 2.05) is 6.07 Å². The molecule has 90 valence electrons. The van der Waals surface area contributed by atoms with Crippen LogP contribution in [0.4, 0.5) is 5.69 Å². The van der Waals surface area contributed by atoms with Crippen molar-refractivity contribution in [2.24, 2.45) is 5.92 Å². The smallest absolute Gasteiger partial charge is 0.0757 e. The first-order valence-corrected chi connectivity index (χ1v) is 6.14. The lowest BCUT2D eigenvalue weighted by Crippen LogP contribution is -2.01. The molecule has 17 heavy (non-hydrogen) atoms. The maximum atomic E-state index is 6.11. The van der Waals surface area contributed by atoms with Gasteiger partial charge in [0, 0.05) is 16.8 Å². The van der Waals surface area contributed by atoms with E-state index in [0.717, 1.165) is 28.7 Å². The Morgan fingerprint density at radius 2 is 1.94 bits per heavy atom. The van der Waals surface area contributed by atoms with E-state index in [1.54, 1.807) is 0 Å². The Hall–Kier alpha value is -1.57.